The summed E-state index contributed by atoms with van der Waals surface area (Å²) < 4.78 is 8.55. The topological polar surface area (TPSA) is 147 Å². The molecule has 3 N–H and O–H groups in total. The second-order valence-corrected chi connectivity index (χ2v) is 5.10. The van der Waals surface area contributed by atoms with Crippen LogP contribution in [0.5, 0.6) is 0 Å². The molecule has 0 aliphatic heterocycles. The van der Waals surface area contributed by atoms with Crippen molar-refractivity contribution in [2.24, 2.45) is 0 Å². The van der Waals surface area contributed by atoms with Crippen LogP contribution in [0.2, 0.25) is 0 Å². The van der Waals surface area contributed by atoms with E-state index in [9.17, 15) is 0 Å². The van der Waals surface area contributed by atoms with Gasteiger partial charge in [0.05, 0.1) is 17.5 Å². The Balaban J connectivity index is -0.0000000853. The maximum Gasteiger partial charge on any atom is 0.123 e. The highest BCUT2D eigenvalue weighted by molar-refractivity contribution is 7.40. The molecule has 0 heterocycles. The highest BCUT2D eigenvalue weighted by Gasteiger charge is 1.69. The second kappa shape index (κ2) is 19.0. The van der Waals surface area contributed by atoms with Gasteiger partial charge in [-0.05, 0) is 20.8 Å². The fourth-order valence-corrected chi connectivity index (χ4v) is 0. The zero-order valence-corrected chi connectivity index (χ0v) is 16.9. The van der Waals surface area contributed by atoms with Crippen LogP contribution in [0.15, 0.2) is 34.7 Å². The van der Waals surface area contributed by atoms with Crippen molar-refractivity contribution in [1.82, 2.24) is 0 Å². The van der Waals surface area contributed by atoms with Gasteiger partial charge in [-0.2, -0.15) is 7.82 Å². The van der Waals surface area contributed by atoms with Crippen LogP contribution in [0.25, 0.3) is 0 Å². The predicted octanol–water partition coefficient (Wildman–Crippen LogP) is 0.215. The third kappa shape index (κ3) is 144. The van der Waals surface area contributed by atoms with Gasteiger partial charge in [0.15, 0.2) is 0 Å². The highest BCUT2D eigenvalue weighted by Crippen LogP contribution is 2.03. The lowest BCUT2D eigenvalue weighted by atomic mass is 10.7. The van der Waals surface area contributed by atoms with Gasteiger partial charge in [-0.15, -0.1) is 0 Å². The first-order valence-electron chi connectivity index (χ1n) is 4.99. The van der Waals surface area contributed by atoms with Crippen molar-refractivity contribution in [2.45, 2.75) is 20.8 Å². The summed E-state index contributed by atoms with van der Waals surface area (Å²) in [5, 5.41) is 24.7. The predicted molar refractivity (Wildman–Crippen MR) is 90.1 cm³/mol. The van der Waals surface area contributed by atoms with E-state index in [0.717, 1.165) is 0 Å². The number of hydrogen-bond acceptors (Lipinski definition) is 7. The summed E-state index contributed by atoms with van der Waals surface area (Å²) in [6.45, 7) is 4.94. The van der Waals surface area contributed by atoms with Gasteiger partial charge in [0.25, 0.3) is 0 Å². The zero-order chi connectivity index (χ0) is 17.4. The fraction of sp³-hybridized carbons (Fsp3) is 0.333. The molecule has 0 rings (SSSR count). The van der Waals surface area contributed by atoms with Crippen LogP contribution in [0.3, 0.4) is 0 Å². The van der Waals surface area contributed by atoms with Crippen molar-refractivity contribution < 1.29 is 34.6 Å². The summed E-state index contributed by atoms with van der Waals surface area (Å²) in [4.78, 5) is 25.6. The maximum atomic E-state index is 8.55. The third-order valence-corrected chi connectivity index (χ3v) is 2.66. The molecule has 11 heteroatoms. The normalized spacial score (nSPS) is 12.4. The monoisotopic (exact) mass is 368 g/mol. The summed E-state index contributed by atoms with van der Waals surface area (Å²) in [5.41, 5.74) is 0. The molecule has 0 aliphatic carbocycles. The summed E-state index contributed by atoms with van der Waals surface area (Å²) in [6.07, 6.45) is 0. The number of allylic oxidation sites excluding steroid dienone is 3. The Morgan fingerprint density at radius 1 is 0.800 bits per heavy atom. The van der Waals surface area contributed by atoms with Crippen LogP contribution in [0.1, 0.15) is 20.8 Å². The Morgan fingerprint density at radius 2 is 0.850 bits per heavy atom. The maximum absolute atomic E-state index is 8.55. The van der Waals surface area contributed by atoms with Crippen molar-refractivity contribution in [2.75, 3.05) is 0 Å². The molecular formula is C9H24O7P4. The van der Waals surface area contributed by atoms with Crippen molar-refractivity contribution in [3.05, 3.63) is 34.7 Å². The molecule has 0 saturated carbocycles. The molecule has 0 bridgehead atoms. The lowest BCUT2D eigenvalue weighted by molar-refractivity contribution is -0.432. The number of hydrogen-bond donors (Lipinski definition) is 3. The molecule has 0 radical (unpaired) electrons. The summed E-state index contributed by atoms with van der Waals surface area (Å²) in [5.74, 6) is 6.18. The van der Waals surface area contributed by atoms with Crippen LogP contribution in [0, 0.1) is 0 Å². The molecule has 0 amide bonds. The van der Waals surface area contributed by atoms with E-state index in [1.807, 2.05) is 0 Å². The summed E-state index contributed by atoms with van der Waals surface area (Å²) in [7, 11) is -0.523. The van der Waals surface area contributed by atoms with Gasteiger partial charge in [0.1, 0.15) is 17.3 Å². The molecule has 0 aromatic heterocycles. The van der Waals surface area contributed by atoms with E-state index in [1.54, 1.807) is 65.9 Å². The SMILES string of the molecule is CC(O)=C[PH3+].CC(O)=C[PH3+].CC(O)=C[PH3+].O=P([O-])([O-])[O-]. The molecule has 0 aromatic carbocycles. The van der Waals surface area contributed by atoms with E-state index in [4.69, 9.17) is 34.6 Å². The number of aliphatic hydroxyl groups is 3. The van der Waals surface area contributed by atoms with Gasteiger partial charge in [-0.3, -0.25) is 0 Å². The first-order chi connectivity index (χ1) is 8.81. The van der Waals surface area contributed by atoms with Gasteiger partial charge >= 0.3 is 0 Å². The number of aliphatic hydroxyl groups excluding tert-OH is 3. The molecule has 7 nitrogen and oxygen atoms in total. The molecular weight excluding hydrogens is 344 g/mol. The smallest absolute Gasteiger partial charge is 0.123 e. The highest BCUT2D eigenvalue weighted by atomic mass is 31.2. The molecule has 3 atom stereocenters. The minimum Gasteiger partial charge on any atom is -0.822 e. The lowest BCUT2D eigenvalue weighted by Crippen LogP contribution is -2.24. The van der Waals surface area contributed by atoms with Crippen molar-refractivity contribution in [3.63, 3.8) is 0 Å². The minimum absolute atomic E-state index is 0.392. The first-order valence-corrected chi connectivity index (χ1v) is 8.90. The minimum atomic E-state index is -5.39. The van der Waals surface area contributed by atoms with E-state index in [2.05, 4.69) is 0 Å². The van der Waals surface area contributed by atoms with Crippen molar-refractivity contribution in [1.29, 1.82) is 0 Å². The zero-order valence-electron chi connectivity index (χ0n) is 11.8. The van der Waals surface area contributed by atoms with Gasteiger partial charge in [0.2, 0.25) is 0 Å². The van der Waals surface area contributed by atoms with Gasteiger partial charge < -0.3 is 34.6 Å². The molecule has 122 valence electrons. The Kier molecular flexibility index (Phi) is 26.8. The standard InChI is InChI=1S/3C3H7OP.H3O4P/c3*1-3(4)2-5;1-5(2,3)4/h3*2,4H,5H2,1H3;(H3,1,2,3,4). The Morgan fingerprint density at radius 3 is 0.850 bits per heavy atom. The van der Waals surface area contributed by atoms with E-state index in [1.165, 1.54) is 0 Å². The van der Waals surface area contributed by atoms with Crippen LogP contribution < -0.4 is 14.7 Å². The van der Waals surface area contributed by atoms with Gasteiger partial charge in [-0.1, -0.05) is 0 Å². The average Bonchev–Trinajstić information content (AvgIpc) is 2.28. The summed E-state index contributed by atoms with van der Waals surface area (Å²) in [6, 6.07) is 0. The molecule has 0 aromatic rings. The molecule has 0 spiro atoms. The van der Waals surface area contributed by atoms with Gasteiger partial charge in [-0.25, -0.2) is 0 Å². The quantitative estimate of drug-likeness (QED) is 0.409. The van der Waals surface area contributed by atoms with Crippen LogP contribution >= 0.6 is 35.5 Å². The largest absolute Gasteiger partial charge is 0.822 e. The van der Waals surface area contributed by atoms with Crippen LogP contribution in [0.4, 0.5) is 0 Å². The van der Waals surface area contributed by atoms with Crippen LogP contribution in [-0.2, 0) is 4.57 Å². The van der Waals surface area contributed by atoms with E-state index < -0.39 is 7.82 Å². The third-order valence-electron chi connectivity index (χ3n) is 0.886. The summed E-state index contributed by atoms with van der Waals surface area (Å²) >= 11 is 0. The van der Waals surface area contributed by atoms with E-state index >= 15 is 0 Å². The van der Waals surface area contributed by atoms with E-state index in [0.29, 0.717) is 17.3 Å². The van der Waals surface area contributed by atoms with Crippen molar-refractivity contribution in [3.8, 4) is 0 Å². The first kappa shape index (κ1) is 28.2. The average molecular weight is 368 g/mol. The Bertz CT molecular complexity index is 288. The van der Waals surface area contributed by atoms with Crippen molar-refractivity contribution >= 4 is 35.5 Å². The molecule has 0 fully saturated rings. The molecule has 0 saturated heterocycles. The molecule has 20 heavy (non-hydrogen) atoms. The molecule has 0 aliphatic rings. The Hall–Kier alpha value is 0.0200. The van der Waals surface area contributed by atoms with Gasteiger partial charge in [0, 0.05) is 27.7 Å². The van der Waals surface area contributed by atoms with E-state index in [-0.39, 0.29) is 0 Å². The molecule has 3 unspecified atom stereocenters. The second-order valence-electron chi connectivity index (χ2n) is 2.98. The number of rotatable bonds is 0. The lowest BCUT2D eigenvalue weighted by Gasteiger charge is -2.36. The number of phosphoric acid groups is 1. The van der Waals surface area contributed by atoms with Crippen LogP contribution in [-0.4, -0.2) is 15.3 Å². The Labute approximate surface area is 126 Å². The fourth-order valence-electron chi connectivity index (χ4n) is 0.